The molecule has 0 aliphatic heterocycles. The van der Waals surface area contributed by atoms with Crippen molar-refractivity contribution in [3.05, 3.63) is 113 Å². The van der Waals surface area contributed by atoms with Crippen LogP contribution in [0.15, 0.2) is 95.5 Å². The van der Waals surface area contributed by atoms with E-state index in [1.54, 1.807) is 0 Å². The minimum atomic E-state index is -5.03. The molecule has 6 aromatic rings. The lowest BCUT2D eigenvalue weighted by Gasteiger charge is -2.22. The first-order valence-corrected chi connectivity index (χ1v) is 15.0. The minimum absolute atomic E-state index is 0.147. The third-order valence-electron chi connectivity index (χ3n) is 8.38. The number of halogens is 3. The van der Waals surface area contributed by atoms with Crippen LogP contribution in [0, 0.1) is 6.92 Å². The van der Waals surface area contributed by atoms with E-state index >= 15 is 0 Å². The van der Waals surface area contributed by atoms with Crippen molar-refractivity contribution in [2.45, 2.75) is 59.0 Å². The monoisotopic (exact) mass is 594 g/mol. The molecule has 0 N–H and O–H groups in total. The van der Waals surface area contributed by atoms with Crippen LogP contribution in [0.3, 0.4) is 0 Å². The van der Waals surface area contributed by atoms with Crippen molar-refractivity contribution >= 4 is 21.9 Å². The number of aromatic nitrogens is 1. The van der Waals surface area contributed by atoms with Crippen LogP contribution >= 0.6 is 0 Å². The predicted molar refractivity (Wildman–Crippen MR) is 174 cm³/mol. The van der Waals surface area contributed by atoms with Gasteiger partial charge in [-0.15, -0.1) is 0 Å². The maximum Gasteiger partial charge on any atom is 0.393 e. The molecular weight excluding hydrogens is 555 g/mol. The van der Waals surface area contributed by atoms with Crippen molar-refractivity contribution in [1.29, 1.82) is 0 Å². The molecule has 0 saturated carbocycles. The van der Waals surface area contributed by atoms with Gasteiger partial charge in [-0.1, -0.05) is 100 Å². The van der Waals surface area contributed by atoms with E-state index in [4.69, 9.17) is 7.16 Å². The normalized spacial score (nSPS) is 13.2. The van der Waals surface area contributed by atoms with Crippen LogP contribution in [0.4, 0.5) is 13.2 Å². The number of furan rings is 1. The Balaban J connectivity index is 1.61. The largest absolute Gasteiger partial charge is 0.454 e. The second kappa shape index (κ2) is 11.3. The van der Waals surface area contributed by atoms with E-state index in [2.05, 4.69) is 49.4 Å². The van der Waals surface area contributed by atoms with Gasteiger partial charge < -0.3 is 4.42 Å². The molecule has 224 valence electrons. The highest BCUT2D eigenvalue weighted by Crippen LogP contribution is 2.43. The predicted octanol–water partition coefficient (Wildman–Crippen LogP) is 11.1. The molecular formula is C39H37F3NO+. The fraction of sp³-hybridized carbons (Fsp3) is 0.256. The Morgan fingerprint density at radius 3 is 2.05 bits per heavy atom. The summed E-state index contributed by atoms with van der Waals surface area (Å²) in [5.74, 6) is -0.295. The summed E-state index contributed by atoms with van der Waals surface area (Å²) in [5, 5.41) is 2.03. The van der Waals surface area contributed by atoms with Gasteiger partial charge in [0.15, 0.2) is 6.20 Å². The molecule has 4 aromatic carbocycles. The van der Waals surface area contributed by atoms with Crippen LogP contribution in [-0.2, 0) is 13.4 Å². The van der Waals surface area contributed by atoms with Crippen molar-refractivity contribution in [3.8, 4) is 33.5 Å². The van der Waals surface area contributed by atoms with Crippen LogP contribution in [-0.4, -0.2) is 6.18 Å². The zero-order valence-corrected chi connectivity index (χ0v) is 25.8. The molecule has 6 rings (SSSR count). The minimum Gasteiger partial charge on any atom is -0.454 e. The highest BCUT2D eigenvalue weighted by atomic mass is 19.4. The highest BCUT2D eigenvalue weighted by molar-refractivity contribution is 6.13. The summed E-state index contributed by atoms with van der Waals surface area (Å²) >= 11 is 0. The molecule has 2 heterocycles. The van der Waals surface area contributed by atoms with Gasteiger partial charge in [-0.05, 0) is 57.7 Å². The molecule has 2 nitrogen and oxygen atoms in total. The van der Waals surface area contributed by atoms with Crippen LogP contribution in [0.5, 0.6) is 0 Å². The van der Waals surface area contributed by atoms with Gasteiger partial charge in [-0.3, -0.25) is 0 Å². The quantitative estimate of drug-likeness (QED) is 0.175. The summed E-state index contributed by atoms with van der Waals surface area (Å²) in [7, 11) is 1.98. The van der Waals surface area contributed by atoms with Gasteiger partial charge in [-0.2, -0.15) is 13.2 Å². The van der Waals surface area contributed by atoms with E-state index in [-0.39, 0.29) is 17.4 Å². The number of para-hydroxylation sites is 1. The Morgan fingerprint density at radius 1 is 0.750 bits per heavy atom. The Bertz CT molecular complexity index is 2060. The van der Waals surface area contributed by atoms with Crippen LogP contribution < -0.4 is 4.57 Å². The van der Waals surface area contributed by atoms with Crippen LogP contribution in [0.1, 0.15) is 64.5 Å². The summed E-state index contributed by atoms with van der Waals surface area (Å²) in [6, 6.07) is 27.4. The van der Waals surface area contributed by atoms with Gasteiger partial charge in [0.25, 0.3) is 0 Å². The summed E-state index contributed by atoms with van der Waals surface area (Å²) in [6.45, 7) is 9.79. The zero-order chi connectivity index (χ0) is 33.1. The van der Waals surface area contributed by atoms with Crippen molar-refractivity contribution in [3.63, 3.8) is 0 Å². The smallest absolute Gasteiger partial charge is 0.393 e. The fourth-order valence-electron chi connectivity index (χ4n) is 6.26. The van der Waals surface area contributed by atoms with E-state index in [0.29, 0.717) is 11.1 Å². The maximum absolute atomic E-state index is 13.9. The third kappa shape index (κ3) is 5.40. The lowest BCUT2D eigenvalue weighted by Crippen LogP contribution is -2.30. The molecule has 0 bridgehead atoms. The first kappa shape index (κ1) is 27.2. The summed E-state index contributed by atoms with van der Waals surface area (Å²) in [6.07, 6.45) is -6.54. The summed E-state index contributed by atoms with van der Waals surface area (Å²) in [4.78, 5) is 0. The number of hydrogen-bond donors (Lipinski definition) is 0. The van der Waals surface area contributed by atoms with Crippen LogP contribution in [0.2, 0.25) is 0 Å². The molecule has 0 fully saturated rings. The Morgan fingerprint density at radius 2 is 1.41 bits per heavy atom. The molecule has 0 unspecified atom stereocenters. The molecule has 0 amide bonds. The number of hydrogen-bond acceptors (Lipinski definition) is 1. The molecule has 0 spiro atoms. The van der Waals surface area contributed by atoms with Crippen molar-refractivity contribution in [1.82, 2.24) is 0 Å². The SMILES string of the molecule is [2H]C([2H])(c1cc(C(C)C)c(-c2cc[n+](C)c(-c3c(C)ccc4c3oc3c(-c5ccccc5)cccc34)c2)c(C(C)C)c1)C(F)(F)F. The first-order valence-electron chi connectivity index (χ1n) is 16.0. The van der Waals surface area contributed by atoms with E-state index in [1.807, 2.05) is 75.8 Å². The molecule has 2 aromatic heterocycles. The average Bonchev–Trinajstić information content (AvgIpc) is 3.39. The highest BCUT2D eigenvalue weighted by Gasteiger charge is 2.30. The number of rotatable bonds is 6. The summed E-state index contributed by atoms with van der Waals surface area (Å²) < 4.78 is 66.4. The number of aryl methyl sites for hydroxylation is 2. The van der Waals surface area contributed by atoms with Crippen molar-refractivity contribution in [2.24, 2.45) is 7.05 Å². The number of nitrogens with zero attached hydrogens (tertiary/aromatic N) is 1. The Labute approximate surface area is 259 Å². The second-order valence-electron chi connectivity index (χ2n) is 12.2. The second-order valence-corrected chi connectivity index (χ2v) is 12.2. The Kier molecular flexibility index (Phi) is 6.97. The lowest BCUT2D eigenvalue weighted by molar-refractivity contribution is -0.660. The maximum atomic E-state index is 13.9. The molecule has 0 radical (unpaired) electrons. The van der Waals surface area contributed by atoms with E-state index < -0.39 is 12.5 Å². The van der Waals surface area contributed by atoms with Crippen LogP contribution in [0.25, 0.3) is 55.4 Å². The number of alkyl halides is 3. The van der Waals surface area contributed by atoms with E-state index in [0.717, 1.165) is 61.0 Å². The van der Waals surface area contributed by atoms with Gasteiger partial charge >= 0.3 is 6.18 Å². The molecule has 0 saturated heterocycles. The number of fused-ring (bicyclic) bond motifs is 3. The first-order chi connectivity index (χ1) is 21.7. The number of benzene rings is 4. The Hall–Kier alpha value is -4.38. The average molecular weight is 595 g/mol. The molecule has 5 heteroatoms. The van der Waals surface area contributed by atoms with Gasteiger partial charge in [0.05, 0.1) is 11.9 Å². The molecule has 0 aliphatic carbocycles. The number of pyridine rings is 1. The van der Waals surface area contributed by atoms with E-state index in [1.165, 1.54) is 12.1 Å². The van der Waals surface area contributed by atoms with Gasteiger partial charge in [0, 0.05) is 31.2 Å². The fourth-order valence-corrected chi connectivity index (χ4v) is 6.26. The van der Waals surface area contributed by atoms with Gasteiger partial charge in [-0.25, -0.2) is 4.57 Å². The lowest BCUT2D eigenvalue weighted by atomic mass is 9.82. The van der Waals surface area contributed by atoms with Crippen molar-refractivity contribution in [2.75, 3.05) is 0 Å². The van der Waals surface area contributed by atoms with Crippen molar-refractivity contribution < 1.29 is 24.9 Å². The van der Waals surface area contributed by atoms with Gasteiger partial charge in [0.2, 0.25) is 5.69 Å². The molecule has 44 heavy (non-hydrogen) atoms. The standard InChI is InChI=1S/C39H37F3NO/c1-23(2)32-19-26(22-39(40,41)42)20-33(24(3)4)36(32)28-17-18-43(6)34(21-28)35-25(5)15-16-31-30-14-10-13-29(37(30)44-38(31)35)27-11-8-7-9-12-27/h7-21,23-24H,22H2,1-6H3/q+1/i22D2. The van der Waals surface area contributed by atoms with Gasteiger partial charge in [0.1, 0.15) is 18.2 Å². The molecule has 0 atom stereocenters. The van der Waals surface area contributed by atoms with E-state index in [9.17, 15) is 13.2 Å². The summed E-state index contributed by atoms with van der Waals surface area (Å²) in [5.41, 5.74) is 9.24. The zero-order valence-electron chi connectivity index (χ0n) is 27.8. The third-order valence-corrected chi connectivity index (χ3v) is 8.38. The molecule has 0 aliphatic rings. The topological polar surface area (TPSA) is 17.0 Å².